The first-order valence-electron chi connectivity index (χ1n) is 6.11. The number of hydrogen-bond donors (Lipinski definition) is 0. The van der Waals surface area contributed by atoms with Gasteiger partial charge < -0.3 is 4.74 Å². The Morgan fingerprint density at radius 1 is 1.21 bits per heavy atom. The van der Waals surface area contributed by atoms with Crippen LogP contribution in [0.4, 0.5) is 0 Å². The lowest BCUT2D eigenvalue weighted by atomic mass is 10.0. The van der Waals surface area contributed by atoms with Gasteiger partial charge in [0.25, 0.3) is 0 Å². The summed E-state index contributed by atoms with van der Waals surface area (Å²) in [5.74, 6) is -0.324. The van der Waals surface area contributed by atoms with E-state index in [4.69, 9.17) is 0 Å². The Kier molecular flexibility index (Phi) is 4.23. The average molecular weight is 257 g/mol. The normalized spacial score (nSPS) is 10.4. The molecule has 0 aliphatic heterocycles. The van der Waals surface area contributed by atoms with Crippen molar-refractivity contribution < 1.29 is 14.3 Å². The quantitative estimate of drug-likeness (QED) is 0.771. The highest BCUT2D eigenvalue weighted by molar-refractivity contribution is 5.91. The number of aromatic nitrogens is 1. The fourth-order valence-electron chi connectivity index (χ4n) is 1.98. The highest BCUT2D eigenvalue weighted by Crippen LogP contribution is 2.18. The summed E-state index contributed by atoms with van der Waals surface area (Å²) in [7, 11) is 1.32. The summed E-state index contributed by atoms with van der Waals surface area (Å²) in [5.41, 5.74) is 0.945. The van der Waals surface area contributed by atoms with Gasteiger partial charge in [-0.1, -0.05) is 18.2 Å². The van der Waals surface area contributed by atoms with E-state index in [1.165, 1.54) is 7.11 Å². The Morgan fingerprint density at radius 2 is 2.05 bits per heavy atom. The maximum Gasteiger partial charge on any atom is 0.305 e. The number of carbonyl (C=O) groups is 2. The molecule has 0 saturated heterocycles. The molecule has 1 aromatic heterocycles. The third-order valence-corrected chi connectivity index (χ3v) is 3.00. The first kappa shape index (κ1) is 13.2. The standard InChI is InChI=1S/C15H15NO3/c1-19-15(18)6-5-13(17)9-12-4-2-3-11-7-8-16-10-14(11)12/h2-4,7-8,10H,5-6,9H2,1H3. The van der Waals surface area contributed by atoms with Crippen LogP contribution in [0.2, 0.25) is 0 Å². The average Bonchev–Trinajstić information content (AvgIpc) is 2.45. The Labute approximate surface area is 111 Å². The second kappa shape index (κ2) is 6.09. The van der Waals surface area contributed by atoms with Crippen molar-refractivity contribution >= 4 is 22.5 Å². The minimum absolute atomic E-state index is 0.0294. The van der Waals surface area contributed by atoms with Gasteiger partial charge in [0.2, 0.25) is 0 Å². The zero-order valence-corrected chi connectivity index (χ0v) is 10.8. The number of hydrogen-bond acceptors (Lipinski definition) is 4. The van der Waals surface area contributed by atoms with Gasteiger partial charge in [-0.15, -0.1) is 0 Å². The van der Waals surface area contributed by atoms with Crippen LogP contribution in [0.5, 0.6) is 0 Å². The summed E-state index contributed by atoms with van der Waals surface area (Å²) in [6.45, 7) is 0. The van der Waals surface area contributed by atoms with Gasteiger partial charge in [-0.3, -0.25) is 14.6 Å². The number of methoxy groups -OCH3 is 1. The summed E-state index contributed by atoms with van der Waals surface area (Å²) in [6, 6.07) is 7.74. The van der Waals surface area contributed by atoms with E-state index in [0.29, 0.717) is 6.42 Å². The number of nitrogens with zero attached hydrogens (tertiary/aromatic N) is 1. The molecule has 1 aromatic carbocycles. The summed E-state index contributed by atoms with van der Waals surface area (Å²) in [6.07, 6.45) is 4.16. The molecule has 0 spiro atoms. The van der Waals surface area contributed by atoms with Crippen molar-refractivity contribution in [1.29, 1.82) is 0 Å². The molecule has 1 heterocycles. The molecule has 0 atom stereocenters. The van der Waals surface area contributed by atoms with Crippen molar-refractivity contribution in [2.24, 2.45) is 0 Å². The van der Waals surface area contributed by atoms with Crippen LogP contribution >= 0.6 is 0 Å². The van der Waals surface area contributed by atoms with Gasteiger partial charge in [-0.25, -0.2) is 0 Å². The topological polar surface area (TPSA) is 56.3 Å². The van der Waals surface area contributed by atoms with Gasteiger partial charge >= 0.3 is 5.97 Å². The van der Waals surface area contributed by atoms with Crippen LogP contribution < -0.4 is 0 Å². The second-order valence-electron chi connectivity index (χ2n) is 4.31. The molecule has 0 saturated carbocycles. The van der Waals surface area contributed by atoms with Crippen molar-refractivity contribution in [1.82, 2.24) is 4.98 Å². The fourth-order valence-corrected chi connectivity index (χ4v) is 1.98. The summed E-state index contributed by atoms with van der Waals surface area (Å²) < 4.78 is 4.52. The van der Waals surface area contributed by atoms with Gasteiger partial charge in [0.15, 0.2) is 0 Å². The Hall–Kier alpha value is -2.23. The maximum absolute atomic E-state index is 11.8. The van der Waals surface area contributed by atoms with E-state index < -0.39 is 0 Å². The molecule has 0 bridgehead atoms. The molecule has 4 nitrogen and oxygen atoms in total. The largest absolute Gasteiger partial charge is 0.469 e. The third kappa shape index (κ3) is 3.37. The van der Waals surface area contributed by atoms with Crippen molar-refractivity contribution in [3.8, 4) is 0 Å². The molecular weight excluding hydrogens is 242 g/mol. The van der Waals surface area contributed by atoms with E-state index in [-0.39, 0.29) is 24.6 Å². The summed E-state index contributed by atoms with van der Waals surface area (Å²) in [5, 5.41) is 2.05. The molecule has 0 aliphatic carbocycles. The van der Waals surface area contributed by atoms with E-state index in [0.717, 1.165) is 16.3 Å². The second-order valence-corrected chi connectivity index (χ2v) is 4.31. The van der Waals surface area contributed by atoms with Crippen LogP contribution in [0.25, 0.3) is 10.8 Å². The first-order valence-corrected chi connectivity index (χ1v) is 6.11. The zero-order valence-electron chi connectivity index (χ0n) is 10.8. The number of fused-ring (bicyclic) bond motifs is 1. The summed E-state index contributed by atoms with van der Waals surface area (Å²) >= 11 is 0. The van der Waals surface area contributed by atoms with Crippen LogP contribution in [0.1, 0.15) is 18.4 Å². The van der Waals surface area contributed by atoms with Crippen LogP contribution in [-0.4, -0.2) is 23.8 Å². The molecule has 19 heavy (non-hydrogen) atoms. The molecule has 0 unspecified atom stereocenters. The van der Waals surface area contributed by atoms with E-state index in [1.807, 2.05) is 24.3 Å². The van der Waals surface area contributed by atoms with Gasteiger partial charge in [-0.2, -0.15) is 0 Å². The van der Waals surface area contributed by atoms with Crippen molar-refractivity contribution in [2.75, 3.05) is 7.11 Å². The van der Waals surface area contributed by atoms with Gasteiger partial charge in [0.1, 0.15) is 5.78 Å². The van der Waals surface area contributed by atoms with Gasteiger partial charge in [0.05, 0.1) is 13.5 Å². The van der Waals surface area contributed by atoms with Crippen LogP contribution in [-0.2, 0) is 20.7 Å². The summed E-state index contributed by atoms with van der Waals surface area (Å²) in [4.78, 5) is 26.9. The number of ketones is 1. The Bertz CT molecular complexity index is 602. The molecule has 0 aliphatic rings. The lowest BCUT2D eigenvalue weighted by Crippen LogP contribution is -2.08. The fraction of sp³-hybridized carbons (Fsp3) is 0.267. The SMILES string of the molecule is COC(=O)CCC(=O)Cc1cccc2ccncc12. The maximum atomic E-state index is 11.8. The Balaban J connectivity index is 2.09. The predicted octanol–water partition coefficient (Wildman–Crippen LogP) is 2.30. The predicted molar refractivity (Wildman–Crippen MR) is 71.7 cm³/mol. The van der Waals surface area contributed by atoms with Crippen LogP contribution in [0.3, 0.4) is 0 Å². The van der Waals surface area contributed by atoms with Crippen molar-refractivity contribution in [3.63, 3.8) is 0 Å². The van der Waals surface area contributed by atoms with E-state index >= 15 is 0 Å². The highest BCUT2D eigenvalue weighted by Gasteiger charge is 2.09. The van der Waals surface area contributed by atoms with Gasteiger partial charge in [-0.05, 0) is 17.0 Å². The number of carbonyl (C=O) groups excluding carboxylic acids is 2. The smallest absolute Gasteiger partial charge is 0.305 e. The number of benzene rings is 1. The lowest BCUT2D eigenvalue weighted by Gasteiger charge is -2.05. The molecule has 0 amide bonds. The number of ether oxygens (including phenoxy) is 1. The molecule has 98 valence electrons. The first-order chi connectivity index (χ1) is 9.20. The van der Waals surface area contributed by atoms with Crippen LogP contribution in [0, 0.1) is 0 Å². The molecule has 2 rings (SSSR count). The van der Waals surface area contributed by atoms with E-state index in [2.05, 4.69) is 9.72 Å². The molecular formula is C15H15NO3. The third-order valence-electron chi connectivity index (χ3n) is 3.00. The minimum Gasteiger partial charge on any atom is -0.469 e. The number of Topliss-reactive ketones (excluding diaryl/α,β-unsaturated/α-hetero) is 1. The van der Waals surface area contributed by atoms with E-state index in [1.54, 1.807) is 12.4 Å². The molecule has 4 heteroatoms. The number of pyridine rings is 1. The number of rotatable bonds is 5. The molecule has 0 radical (unpaired) electrons. The lowest BCUT2D eigenvalue weighted by molar-refractivity contribution is -0.141. The number of esters is 1. The Morgan fingerprint density at radius 3 is 2.84 bits per heavy atom. The highest BCUT2D eigenvalue weighted by atomic mass is 16.5. The van der Waals surface area contributed by atoms with Crippen LogP contribution in [0.15, 0.2) is 36.7 Å². The van der Waals surface area contributed by atoms with Crippen molar-refractivity contribution in [2.45, 2.75) is 19.3 Å². The molecule has 0 N–H and O–H groups in total. The van der Waals surface area contributed by atoms with Crippen molar-refractivity contribution in [3.05, 3.63) is 42.2 Å². The zero-order chi connectivity index (χ0) is 13.7. The van der Waals surface area contributed by atoms with Gasteiger partial charge in [0, 0.05) is 30.6 Å². The molecule has 2 aromatic rings. The monoisotopic (exact) mass is 257 g/mol. The van der Waals surface area contributed by atoms with E-state index in [9.17, 15) is 9.59 Å². The molecule has 0 fully saturated rings. The minimum atomic E-state index is -0.354.